The molecule has 0 saturated carbocycles. The number of rotatable bonds is 2. The van der Waals surface area contributed by atoms with E-state index in [1.165, 1.54) is 35.4 Å². The summed E-state index contributed by atoms with van der Waals surface area (Å²) >= 11 is 0. The summed E-state index contributed by atoms with van der Waals surface area (Å²) in [5.41, 5.74) is 4.95. The molecule has 2 aromatic rings. The third kappa shape index (κ3) is 2.79. The van der Waals surface area contributed by atoms with Crippen molar-refractivity contribution >= 4 is 11.8 Å². The van der Waals surface area contributed by atoms with Gasteiger partial charge in [0.15, 0.2) is 0 Å². The lowest BCUT2D eigenvalue weighted by atomic mass is 9.83. The van der Waals surface area contributed by atoms with Crippen molar-refractivity contribution in [3.63, 3.8) is 0 Å². The van der Waals surface area contributed by atoms with Crippen molar-refractivity contribution in [3.05, 3.63) is 28.7 Å². The monoisotopic (exact) mass is 368 g/mol. The predicted molar refractivity (Wildman–Crippen MR) is 104 cm³/mol. The van der Waals surface area contributed by atoms with Crippen LogP contribution in [0.1, 0.15) is 48.2 Å². The lowest BCUT2D eigenvalue weighted by Crippen LogP contribution is -2.47. The van der Waals surface area contributed by atoms with Gasteiger partial charge in [0.05, 0.1) is 24.2 Å². The van der Waals surface area contributed by atoms with E-state index in [9.17, 15) is 0 Å². The highest BCUT2D eigenvalue weighted by Gasteiger charge is 2.43. The number of fused-ring (bicyclic) bond motifs is 3. The Morgan fingerprint density at radius 1 is 1.11 bits per heavy atom. The van der Waals surface area contributed by atoms with Crippen molar-refractivity contribution in [2.75, 3.05) is 43.6 Å². The molecule has 1 aliphatic carbocycles. The number of hydrogen-bond donors (Lipinski definition) is 1. The standard InChI is InChI=1S/C20H28N6O/c1-25(2)19-22-16-6-4-3-5-15(16)18(23-19)26-10-8-20(9-11-26)17-14(7-12-27-20)13-21-24-17/h13H,3-12H2,1-2H3,(H,21,24). The van der Waals surface area contributed by atoms with Gasteiger partial charge < -0.3 is 14.5 Å². The second kappa shape index (κ2) is 6.48. The number of nitrogens with one attached hydrogen (secondary N) is 1. The van der Waals surface area contributed by atoms with Crippen LogP contribution in [0.5, 0.6) is 0 Å². The van der Waals surface area contributed by atoms with E-state index in [4.69, 9.17) is 14.7 Å². The van der Waals surface area contributed by atoms with Crippen LogP contribution >= 0.6 is 0 Å². The largest absolute Gasteiger partial charge is 0.368 e. The maximum Gasteiger partial charge on any atom is 0.227 e. The number of aromatic nitrogens is 4. The normalized spacial score (nSPS) is 21.0. The Morgan fingerprint density at radius 3 is 2.74 bits per heavy atom. The minimum Gasteiger partial charge on any atom is -0.368 e. The zero-order valence-corrected chi connectivity index (χ0v) is 16.3. The first-order valence-corrected chi connectivity index (χ1v) is 10.1. The number of piperidine rings is 1. The zero-order valence-electron chi connectivity index (χ0n) is 16.3. The molecule has 144 valence electrons. The molecule has 7 nitrogen and oxygen atoms in total. The smallest absolute Gasteiger partial charge is 0.227 e. The van der Waals surface area contributed by atoms with E-state index in [1.807, 2.05) is 25.2 Å². The first kappa shape index (κ1) is 17.0. The van der Waals surface area contributed by atoms with Gasteiger partial charge >= 0.3 is 0 Å². The zero-order chi connectivity index (χ0) is 18.4. The molecule has 0 radical (unpaired) electrons. The summed E-state index contributed by atoms with van der Waals surface area (Å²) in [6.45, 7) is 2.70. The maximum absolute atomic E-state index is 6.31. The number of hydrogen-bond acceptors (Lipinski definition) is 6. The molecule has 7 heteroatoms. The van der Waals surface area contributed by atoms with Gasteiger partial charge in [0.1, 0.15) is 11.4 Å². The second-order valence-electron chi connectivity index (χ2n) is 8.22. The molecule has 4 heterocycles. The fraction of sp³-hybridized carbons (Fsp3) is 0.650. The topological polar surface area (TPSA) is 70.2 Å². The fourth-order valence-electron chi connectivity index (χ4n) is 4.82. The van der Waals surface area contributed by atoms with E-state index in [1.54, 1.807) is 0 Å². The number of H-pyrrole nitrogens is 1. The molecule has 0 atom stereocenters. The molecule has 0 bridgehead atoms. The van der Waals surface area contributed by atoms with Crippen molar-refractivity contribution < 1.29 is 4.74 Å². The summed E-state index contributed by atoms with van der Waals surface area (Å²) < 4.78 is 6.31. The molecular formula is C20H28N6O. The van der Waals surface area contributed by atoms with Crippen molar-refractivity contribution in [3.8, 4) is 0 Å². The Balaban J connectivity index is 1.44. The van der Waals surface area contributed by atoms with Crippen molar-refractivity contribution in [1.29, 1.82) is 0 Å². The molecule has 2 aliphatic heterocycles. The minimum atomic E-state index is -0.196. The van der Waals surface area contributed by atoms with E-state index in [-0.39, 0.29) is 5.60 Å². The van der Waals surface area contributed by atoms with Gasteiger partial charge in [-0.3, -0.25) is 5.10 Å². The molecule has 1 saturated heterocycles. The number of ether oxygens (including phenoxy) is 1. The number of aromatic amines is 1. The van der Waals surface area contributed by atoms with E-state index >= 15 is 0 Å². The second-order valence-corrected chi connectivity index (χ2v) is 8.22. The van der Waals surface area contributed by atoms with Gasteiger partial charge in [-0.1, -0.05) is 0 Å². The minimum absolute atomic E-state index is 0.196. The molecule has 0 aromatic carbocycles. The first-order chi connectivity index (χ1) is 13.2. The number of anilines is 2. The van der Waals surface area contributed by atoms with Crippen LogP contribution < -0.4 is 9.80 Å². The van der Waals surface area contributed by atoms with Crippen LogP contribution in [0.2, 0.25) is 0 Å². The molecule has 1 N–H and O–H groups in total. The summed E-state index contributed by atoms with van der Waals surface area (Å²) in [6.07, 6.45) is 9.51. The first-order valence-electron chi connectivity index (χ1n) is 10.1. The Hall–Kier alpha value is -2.15. The van der Waals surface area contributed by atoms with E-state index in [0.717, 1.165) is 63.6 Å². The van der Waals surface area contributed by atoms with E-state index in [0.29, 0.717) is 0 Å². The van der Waals surface area contributed by atoms with Gasteiger partial charge in [-0.15, -0.1) is 0 Å². The van der Waals surface area contributed by atoms with Crippen molar-refractivity contribution in [2.24, 2.45) is 0 Å². The quantitative estimate of drug-likeness (QED) is 0.876. The number of nitrogens with zero attached hydrogens (tertiary/aromatic N) is 5. The predicted octanol–water partition coefficient (Wildman–Crippen LogP) is 2.21. The Kier molecular flexibility index (Phi) is 4.07. The maximum atomic E-state index is 6.31. The van der Waals surface area contributed by atoms with Crippen LogP contribution in [0.4, 0.5) is 11.8 Å². The molecule has 0 unspecified atom stereocenters. The van der Waals surface area contributed by atoms with Crippen molar-refractivity contribution in [2.45, 2.75) is 50.5 Å². The third-order valence-electron chi connectivity index (χ3n) is 6.34. The molecule has 1 fully saturated rings. The van der Waals surface area contributed by atoms with E-state index in [2.05, 4.69) is 15.1 Å². The fourth-order valence-corrected chi connectivity index (χ4v) is 4.82. The van der Waals surface area contributed by atoms with Gasteiger partial charge in [0.2, 0.25) is 5.95 Å². The highest BCUT2D eigenvalue weighted by Crippen LogP contribution is 2.42. The van der Waals surface area contributed by atoms with Crippen LogP contribution in [0.3, 0.4) is 0 Å². The van der Waals surface area contributed by atoms with Gasteiger partial charge in [-0.25, -0.2) is 4.98 Å². The summed E-state index contributed by atoms with van der Waals surface area (Å²) in [5.74, 6) is 1.98. The van der Waals surface area contributed by atoms with Crippen molar-refractivity contribution in [1.82, 2.24) is 20.2 Å². The molecule has 2 aromatic heterocycles. The van der Waals surface area contributed by atoms with Gasteiger partial charge in [-0.05, 0) is 50.5 Å². The molecule has 1 spiro atoms. The molecule has 5 rings (SSSR count). The SMILES string of the molecule is CN(C)c1nc2c(c(N3CCC4(CC3)OCCc3cn[nH]c34)n1)CCCC2. The van der Waals surface area contributed by atoms with Gasteiger partial charge in [0, 0.05) is 32.7 Å². The van der Waals surface area contributed by atoms with Gasteiger partial charge in [-0.2, -0.15) is 10.1 Å². The van der Waals surface area contributed by atoms with Crippen LogP contribution in [0.25, 0.3) is 0 Å². The Morgan fingerprint density at radius 2 is 1.93 bits per heavy atom. The van der Waals surface area contributed by atoms with E-state index < -0.39 is 0 Å². The summed E-state index contributed by atoms with van der Waals surface area (Å²) in [7, 11) is 4.05. The average Bonchev–Trinajstić information content (AvgIpc) is 3.18. The highest BCUT2D eigenvalue weighted by molar-refractivity contribution is 5.54. The highest BCUT2D eigenvalue weighted by atomic mass is 16.5. The average molecular weight is 368 g/mol. The van der Waals surface area contributed by atoms with Crippen LogP contribution in [-0.2, 0) is 29.6 Å². The van der Waals surface area contributed by atoms with Gasteiger partial charge in [0.25, 0.3) is 0 Å². The third-order valence-corrected chi connectivity index (χ3v) is 6.34. The molecular weight excluding hydrogens is 340 g/mol. The number of aryl methyl sites for hydroxylation is 1. The lowest BCUT2D eigenvalue weighted by molar-refractivity contribution is -0.0796. The molecule has 27 heavy (non-hydrogen) atoms. The Bertz CT molecular complexity index is 837. The summed E-state index contributed by atoms with van der Waals surface area (Å²) in [4.78, 5) is 14.3. The van der Waals surface area contributed by atoms with Crippen LogP contribution in [0.15, 0.2) is 6.20 Å². The van der Waals surface area contributed by atoms with Crippen LogP contribution in [-0.4, -0.2) is 54.0 Å². The Labute approximate surface area is 160 Å². The summed E-state index contributed by atoms with van der Waals surface area (Å²) in [5, 5.41) is 7.50. The molecule has 0 amide bonds. The summed E-state index contributed by atoms with van der Waals surface area (Å²) in [6, 6.07) is 0. The lowest BCUT2D eigenvalue weighted by Gasteiger charge is -2.44. The van der Waals surface area contributed by atoms with Crippen LogP contribution in [0, 0.1) is 0 Å². The molecule has 3 aliphatic rings.